The maximum absolute atomic E-state index is 12.0. The highest BCUT2D eigenvalue weighted by molar-refractivity contribution is 5.99. The lowest BCUT2D eigenvalue weighted by Crippen LogP contribution is -2.13. The van der Waals surface area contributed by atoms with Gasteiger partial charge in [0.15, 0.2) is 0 Å². The van der Waals surface area contributed by atoms with Crippen LogP contribution in [0.2, 0.25) is 0 Å². The fraction of sp³-hybridized carbons (Fsp3) is 0.280. The molecule has 0 fully saturated rings. The molecule has 0 amide bonds. The summed E-state index contributed by atoms with van der Waals surface area (Å²) in [5.41, 5.74) is 1.73. The summed E-state index contributed by atoms with van der Waals surface area (Å²) in [6.07, 6.45) is 7.65. The molecule has 172 valence electrons. The monoisotopic (exact) mass is 450 g/mol. The number of nitrogens with zero attached hydrogens (tertiary/aromatic N) is 2. The zero-order valence-corrected chi connectivity index (χ0v) is 18.4. The second-order valence-corrected chi connectivity index (χ2v) is 7.39. The summed E-state index contributed by atoms with van der Waals surface area (Å²) in [7, 11) is 0. The van der Waals surface area contributed by atoms with E-state index >= 15 is 0 Å². The maximum Gasteiger partial charge on any atom is 0.331 e. The van der Waals surface area contributed by atoms with E-state index in [1.165, 1.54) is 18.5 Å². The smallest absolute Gasteiger partial charge is 0.331 e. The van der Waals surface area contributed by atoms with Crippen molar-refractivity contribution in [2.24, 2.45) is 0 Å². The molecule has 0 unspecified atom stereocenters. The number of benzene rings is 1. The normalized spacial score (nSPS) is 12.0. The Bertz CT molecular complexity index is 1140. The third kappa shape index (κ3) is 6.52. The van der Waals surface area contributed by atoms with Gasteiger partial charge in [-0.25, -0.2) is 14.8 Å². The van der Waals surface area contributed by atoms with Crippen LogP contribution in [-0.2, 0) is 14.3 Å². The first-order valence-electron chi connectivity index (χ1n) is 10.7. The van der Waals surface area contributed by atoms with Crippen molar-refractivity contribution in [2.75, 3.05) is 6.61 Å². The molecule has 0 aliphatic rings. The third-order valence-electron chi connectivity index (χ3n) is 4.82. The number of esters is 1. The molecule has 2 heterocycles. The number of hydrogen-bond acceptors (Lipinski definition) is 7. The Balaban J connectivity index is 1.94. The number of ether oxygens (including phenoxy) is 2. The van der Waals surface area contributed by atoms with E-state index in [0.717, 1.165) is 5.56 Å². The molecule has 0 spiro atoms. The van der Waals surface area contributed by atoms with Crippen molar-refractivity contribution in [3.63, 3.8) is 0 Å². The van der Waals surface area contributed by atoms with Crippen molar-refractivity contribution in [1.29, 1.82) is 0 Å². The second-order valence-electron chi connectivity index (χ2n) is 7.39. The lowest BCUT2D eigenvalue weighted by atomic mass is 10.1. The number of aromatic nitrogens is 2. The summed E-state index contributed by atoms with van der Waals surface area (Å²) < 4.78 is 17.1. The topological polar surface area (TPSA) is 112 Å². The maximum atomic E-state index is 12.0. The van der Waals surface area contributed by atoms with Gasteiger partial charge in [0.05, 0.1) is 6.10 Å². The Kier molecular flexibility index (Phi) is 8.35. The van der Waals surface area contributed by atoms with Gasteiger partial charge in [0, 0.05) is 23.6 Å². The van der Waals surface area contributed by atoms with Gasteiger partial charge < -0.3 is 19.0 Å². The molecule has 3 rings (SSSR count). The molecule has 1 atom stereocenters. The van der Waals surface area contributed by atoms with Gasteiger partial charge in [0.2, 0.25) is 11.6 Å². The first-order valence-corrected chi connectivity index (χ1v) is 10.7. The SMILES string of the molecule is C=CCOC(=O)/C=C/c1c(-c2ccccc2)oc2ncnc(O[C@H](C)CCCCC(=O)O)c12. The molecule has 0 saturated carbocycles. The van der Waals surface area contributed by atoms with Crippen LogP contribution in [0, 0.1) is 0 Å². The Morgan fingerprint density at radius 3 is 2.73 bits per heavy atom. The predicted molar refractivity (Wildman–Crippen MR) is 124 cm³/mol. The Labute approximate surface area is 191 Å². The van der Waals surface area contributed by atoms with Crippen LogP contribution in [0.4, 0.5) is 0 Å². The van der Waals surface area contributed by atoms with E-state index in [4.69, 9.17) is 19.0 Å². The van der Waals surface area contributed by atoms with Gasteiger partial charge in [0.1, 0.15) is 24.1 Å². The summed E-state index contributed by atoms with van der Waals surface area (Å²) in [6, 6.07) is 9.45. The zero-order chi connectivity index (χ0) is 23.6. The number of carboxylic acid groups (broad SMARTS) is 1. The number of hydrogen-bond donors (Lipinski definition) is 1. The lowest BCUT2D eigenvalue weighted by Gasteiger charge is -2.14. The summed E-state index contributed by atoms with van der Waals surface area (Å²) in [5.74, 6) is -0.473. The van der Waals surface area contributed by atoms with Crippen LogP contribution < -0.4 is 4.74 Å². The molecule has 1 aromatic carbocycles. The van der Waals surface area contributed by atoms with Gasteiger partial charge in [-0.1, -0.05) is 43.0 Å². The van der Waals surface area contributed by atoms with Gasteiger partial charge in [-0.3, -0.25) is 4.79 Å². The minimum atomic E-state index is -0.809. The van der Waals surface area contributed by atoms with Crippen molar-refractivity contribution < 1.29 is 28.6 Å². The van der Waals surface area contributed by atoms with Gasteiger partial charge in [0.25, 0.3) is 0 Å². The first kappa shape index (κ1) is 23.7. The average Bonchev–Trinajstić information content (AvgIpc) is 3.19. The molecular formula is C25H26N2O6. The Morgan fingerprint density at radius 1 is 1.21 bits per heavy atom. The largest absolute Gasteiger partial charge is 0.481 e. The highest BCUT2D eigenvalue weighted by atomic mass is 16.5. The second kappa shape index (κ2) is 11.6. The third-order valence-corrected chi connectivity index (χ3v) is 4.82. The van der Waals surface area contributed by atoms with E-state index in [1.54, 1.807) is 6.08 Å². The molecule has 0 radical (unpaired) electrons. The fourth-order valence-corrected chi connectivity index (χ4v) is 3.28. The van der Waals surface area contributed by atoms with Crippen LogP contribution in [0.3, 0.4) is 0 Å². The van der Waals surface area contributed by atoms with Crippen molar-refractivity contribution in [3.8, 4) is 17.2 Å². The molecule has 8 nitrogen and oxygen atoms in total. The molecule has 0 aliphatic heterocycles. The van der Waals surface area contributed by atoms with Crippen LogP contribution >= 0.6 is 0 Å². The number of unbranched alkanes of at least 4 members (excludes halogenated alkanes) is 1. The van der Waals surface area contributed by atoms with Crippen molar-refractivity contribution in [1.82, 2.24) is 9.97 Å². The van der Waals surface area contributed by atoms with E-state index in [9.17, 15) is 9.59 Å². The quantitative estimate of drug-likeness (QED) is 0.177. The number of furan rings is 1. The van der Waals surface area contributed by atoms with Crippen molar-refractivity contribution in [3.05, 3.63) is 61.0 Å². The molecule has 0 saturated heterocycles. The Morgan fingerprint density at radius 2 is 2.00 bits per heavy atom. The number of carboxylic acids is 1. The molecule has 8 heteroatoms. The standard InChI is InChI=1S/C25H26N2O6/c1-3-15-31-21(30)14-13-19-22-24(32-17(2)9-7-8-12-20(28)29)26-16-27-25(22)33-23(19)18-10-5-4-6-11-18/h3-6,10-11,13-14,16-17H,1,7-9,12,15H2,2H3,(H,28,29)/b14-13+/t17-/m1/s1. The number of aliphatic carboxylic acids is 1. The van der Waals surface area contributed by atoms with E-state index in [0.29, 0.717) is 47.6 Å². The number of carbonyl (C=O) groups excluding carboxylic acids is 1. The molecule has 0 aliphatic carbocycles. The van der Waals surface area contributed by atoms with Crippen LogP contribution in [-0.4, -0.2) is 39.7 Å². The van der Waals surface area contributed by atoms with Crippen LogP contribution in [0.15, 0.2) is 59.8 Å². The molecular weight excluding hydrogens is 424 g/mol. The molecule has 33 heavy (non-hydrogen) atoms. The summed E-state index contributed by atoms with van der Waals surface area (Å²) in [4.78, 5) is 31.3. The van der Waals surface area contributed by atoms with Crippen molar-refractivity contribution in [2.45, 2.75) is 38.7 Å². The van der Waals surface area contributed by atoms with E-state index in [2.05, 4.69) is 16.5 Å². The number of fused-ring (bicyclic) bond motifs is 1. The molecule has 3 aromatic rings. The highest BCUT2D eigenvalue weighted by Crippen LogP contribution is 2.38. The highest BCUT2D eigenvalue weighted by Gasteiger charge is 2.21. The average molecular weight is 450 g/mol. The minimum Gasteiger partial charge on any atom is -0.481 e. The van der Waals surface area contributed by atoms with E-state index in [1.807, 2.05) is 37.3 Å². The molecule has 2 aromatic heterocycles. The van der Waals surface area contributed by atoms with Crippen molar-refractivity contribution >= 4 is 29.1 Å². The van der Waals surface area contributed by atoms with E-state index < -0.39 is 11.9 Å². The molecule has 1 N–H and O–H groups in total. The van der Waals surface area contributed by atoms with Crippen LogP contribution in [0.1, 0.15) is 38.2 Å². The van der Waals surface area contributed by atoms with E-state index in [-0.39, 0.29) is 19.1 Å². The van der Waals surface area contributed by atoms with Gasteiger partial charge in [-0.2, -0.15) is 0 Å². The lowest BCUT2D eigenvalue weighted by molar-refractivity contribution is -0.137. The predicted octanol–water partition coefficient (Wildman–Crippen LogP) is 5.04. The first-order chi connectivity index (χ1) is 16.0. The van der Waals surface area contributed by atoms with Gasteiger partial charge in [-0.05, 0) is 32.3 Å². The number of carbonyl (C=O) groups is 2. The van der Waals surface area contributed by atoms with Gasteiger partial charge >= 0.3 is 11.9 Å². The fourth-order valence-electron chi connectivity index (χ4n) is 3.28. The summed E-state index contributed by atoms with van der Waals surface area (Å²) >= 11 is 0. The van der Waals surface area contributed by atoms with Gasteiger partial charge in [-0.15, -0.1) is 0 Å². The summed E-state index contributed by atoms with van der Waals surface area (Å²) in [6.45, 7) is 5.54. The Hall–Kier alpha value is -3.94. The zero-order valence-electron chi connectivity index (χ0n) is 18.4. The minimum absolute atomic E-state index is 0.109. The molecule has 0 bridgehead atoms. The van der Waals surface area contributed by atoms with Crippen LogP contribution in [0.25, 0.3) is 28.5 Å². The van der Waals surface area contributed by atoms with Crippen LogP contribution in [0.5, 0.6) is 5.88 Å². The number of rotatable bonds is 12. The summed E-state index contributed by atoms with van der Waals surface area (Å²) in [5, 5.41) is 9.34.